The Balaban J connectivity index is 1.62. The first-order chi connectivity index (χ1) is 20.3. The molecule has 10 nitrogen and oxygen atoms in total. The number of carboxylic acid groups (broad SMARTS) is 2. The van der Waals surface area contributed by atoms with Gasteiger partial charge in [0.15, 0.2) is 17.4 Å². The topological polar surface area (TPSA) is 141 Å². The maximum Gasteiger partial charge on any atom is 0.422 e. The number of aryl methyl sites for hydroxylation is 1. The molecule has 42 heavy (non-hydrogen) atoms. The van der Waals surface area contributed by atoms with Crippen molar-refractivity contribution in [1.29, 1.82) is 0 Å². The van der Waals surface area contributed by atoms with E-state index >= 15 is 4.39 Å². The average Bonchev–Trinajstić information content (AvgIpc) is 3.47. The molecule has 0 radical (unpaired) electrons. The molecule has 3 aromatic carbocycles. The molecule has 0 saturated heterocycles. The van der Waals surface area contributed by atoms with Crippen molar-refractivity contribution in [3.8, 4) is 17.0 Å². The van der Waals surface area contributed by atoms with Crippen LogP contribution in [0.2, 0.25) is 0 Å². The number of fused-ring (bicyclic) bond motifs is 1. The fourth-order valence-corrected chi connectivity index (χ4v) is 4.75. The van der Waals surface area contributed by atoms with E-state index in [0.717, 1.165) is 16.8 Å². The predicted molar refractivity (Wildman–Crippen MR) is 157 cm³/mol. The van der Waals surface area contributed by atoms with Gasteiger partial charge in [-0.1, -0.05) is 43.3 Å². The highest BCUT2D eigenvalue weighted by Gasteiger charge is 2.27. The average molecular weight is 570 g/mol. The highest BCUT2D eigenvalue weighted by atomic mass is 19.1. The molecule has 214 valence electrons. The van der Waals surface area contributed by atoms with Gasteiger partial charge in [-0.15, -0.1) is 0 Å². The van der Waals surface area contributed by atoms with Crippen molar-refractivity contribution in [2.45, 2.75) is 26.3 Å². The molecule has 2 heterocycles. The van der Waals surface area contributed by atoms with Crippen molar-refractivity contribution in [2.24, 2.45) is 0 Å². The first-order valence-electron chi connectivity index (χ1n) is 13.3. The maximum atomic E-state index is 16.0. The summed E-state index contributed by atoms with van der Waals surface area (Å²) in [6, 6.07) is 18.9. The lowest BCUT2D eigenvalue weighted by molar-refractivity contribution is 0.184. The first kappa shape index (κ1) is 28.1. The SMILES string of the molecule is CCOc1cc(CC)cc(C(Nc2ccc3c(N(C(=O)O)C(=O)O)nccc3c2)c2ncc(-c3ccccc3)[nH]2)c1F. The number of anilines is 2. The Hall–Kier alpha value is -5.45. The van der Waals surface area contributed by atoms with Gasteiger partial charge in [0.05, 0.1) is 18.5 Å². The van der Waals surface area contributed by atoms with Gasteiger partial charge in [-0.2, -0.15) is 4.90 Å². The van der Waals surface area contributed by atoms with Gasteiger partial charge in [0.2, 0.25) is 0 Å². The summed E-state index contributed by atoms with van der Waals surface area (Å²) in [6.45, 7) is 4.06. The van der Waals surface area contributed by atoms with Gasteiger partial charge in [-0.25, -0.2) is 23.9 Å². The van der Waals surface area contributed by atoms with Crippen LogP contribution < -0.4 is 15.0 Å². The minimum absolute atomic E-state index is 0.144. The number of aromatic nitrogens is 3. The van der Waals surface area contributed by atoms with Crippen LogP contribution in [-0.2, 0) is 6.42 Å². The fourth-order valence-electron chi connectivity index (χ4n) is 4.75. The normalized spacial score (nSPS) is 11.7. The van der Waals surface area contributed by atoms with Crippen LogP contribution in [0.5, 0.6) is 5.75 Å². The summed E-state index contributed by atoms with van der Waals surface area (Å²) in [5, 5.41) is 23.1. The standard InChI is InChI=1S/C31H28FN5O5/c1-3-18-14-23(26(32)25(15-18)42-4-2)27(28-34-17-24(36-28)19-8-6-5-7-9-19)35-21-10-11-22-20(16-21)12-13-33-29(22)37(30(38)39)31(40)41/h5-17,27,35H,3-4H2,1-2H3,(H,34,36)(H,38,39)(H,40,41). The number of pyridine rings is 1. The second kappa shape index (κ2) is 12.0. The largest absolute Gasteiger partial charge is 0.491 e. The lowest BCUT2D eigenvalue weighted by atomic mass is 9.99. The van der Waals surface area contributed by atoms with E-state index in [0.29, 0.717) is 40.9 Å². The summed E-state index contributed by atoms with van der Waals surface area (Å²) in [6.07, 6.45) is 0.328. The van der Waals surface area contributed by atoms with Crippen molar-refractivity contribution in [3.05, 3.63) is 102 Å². The maximum absolute atomic E-state index is 16.0. The second-order valence-corrected chi connectivity index (χ2v) is 9.38. The Morgan fingerprint density at radius 2 is 1.79 bits per heavy atom. The minimum Gasteiger partial charge on any atom is -0.491 e. The molecule has 1 unspecified atom stereocenters. The molecule has 11 heteroatoms. The third-order valence-corrected chi connectivity index (χ3v) is 6.75. The molecule has 5 aromatic rings. The Morgan fingerprint density at radius 3 is 2.48 bits per heavy atom. The van der Waals surface area contributed by atoms with E-state index in [9.17, 15) is 19.8 Å². The van der Waals surface area contributed by atoms with Gasteiger partial charge in [0.1, 0.15) is 11.9 Å². The third kappa shape index (κ3) is 5.57. The van der Waals surface area contributed by atoms with Crippen LogP contribution in [0.25, 0.3) is 22.0 Å². The third-order valence-electron chi connectivity index (χ3n) is 6.75. The number of amides is 2. The van der Waals surface area contributed by atoms with Crippen molar-refractivity contribution in [1.82, 2.24) is 15.0 Å². The number of ether oxygens (including phenoxy) is 1. The molecule has 2 aromatic heterocycles. The van der Waals surface area contributed by atoms with Crippen LogP contribution in [0.1, 0.15) is 36.8 Å². The molecule has 2 amide bonds. The molecule has 0 spiro atoms. The first-order valence-corrected chi connectivity index (χ1v) is 13.3. The quantitative estimate of drug-likeness (QED) is 0.147. The van der Waals surface area contributed by atoms with E-state index in [1.165, 1.54) is 6.20 Å². The van der Waals surface area contributed by atoms with E-state index < -0.39 is 24.0 Å². The van der Waals surface area contributed by atoms with Gasteiger partial charge in [-0.3, -0.25) is 0 Å². The lowest BCUT2D eigenvalue weighted by Gasteiger charge is -2.22. The molecule has 0 aliphatic carbocycles. The Kier molecular flexibility index (Phi) is 8.00. The molecular formula is C31H28FN5O5. The summed E-state index contributed by atoms with van der Waals surface area (Å²) in [5.41, 5.74) is 3.43. The molecule has 0 saturated carbocycles. The van der Waals surface area contributed by atoms with Gasteiger partial charge < -0.3 is 25.3 Å². The van der Waals surface area contributed by atoms with Gasteiger partial charge >= 0.3 is 12.2 Å². The zero-order valence-corrected chi connectivity index (χ0v) is 22.8. The second-order valence-electron chi connectivity index (χ2n) is 9.38. The number of aromatic amines is 1. The summed E-state index contributed by atoms with van der Waals surface area (Å²) in [7, 11) is 0. The molecule has 4 N–H and O–H groups in total. The van der Waals surface area contributed by atoms with Crippen LogP contribution >= 0.6 is 0 Å². The van der Waals surface area contributed by atoms with Crippen LogP contribution in [-0.4, -0.2) is 44.0 Å². The predicted octanol–water partition coefficient (Wildman–Crippen LogP) is 7.09. The number of nitrogens with zero attached hydrogens (tertiary/aromatic N) is 3. The smallest absolute Gasteiger partial charge is 0.422 e. The van der Waals surface area contributed by atoms with Crippen molar-refractivity contribution < 1.29 is 28.9 Å². The minimum atomic E-state index is -1.67. The number of nitrogens with one attached hydrogen (secondary N) is 2. The van der Waals surface area contributed by atoms with E-state index in [1.54, 1.807) is 49.5 Å². The van der Waals surface area contributed by atoms with Gasteiger partial charge in [0, 0.05) is 22.8 Å². The number of imide groups is 1. The lowest BCUT2D eigenvalue weighted by Crippen LogP contribution is -2.35. The number of H-pyrrole nitrogens is 1. The molecule has 0 fully saturated rings. The van der Waals surface area contributed by atoms with Gasteiger partial charge in [0.25, 0.3) is 0 Å². The monoisotopic (exact) mass is 569 g/mol. The van der Waals surface area contributed by atoms with Crippen LogP contribution in [0.4, 0.5) is 25.5 Å². The van der Waals surface area contributed by atoms with Gasteiger partial charge in [-0.05, 0) is 60.2 Å². The van der Waals surface area contributed by atoms with Crippen molar-refractivity contribution in [3.63, 3.8) is 0 Å². The molecule has 5 rings (SSSR count). The number of hydrogen-bond donors (Lipinski definition) is 4. The molecular weight excluding hydrogens is 541 g/mol. The van der Waals surface area contributed by atoms with Crippen LogP contribution in [0, 0.1) is 5.82 Å². The van der Waals surface area contributed by atoms with E-state index in [4.69, 9.17) is 4.74 Å². The highest BCUT2D eigenvalue weighted by molar-refractivity contribution is 6.12. The number of hydrogen-bond acceptors (Lipinski definition) is 6. The Labute approximate surface area is 240 Å². The fraction of sp³-hybridized carbons (Fsp3) is 0.161. The van der Waals surface area contributed by atoms with Crippen LogP contribution in [0.15, 0.2) is 79.1 Å². The number of carbonyl (C=O) groups is 2. The summed E-state index contributed by atoms with van der Waals surface area (Å²) in [4.78, 5) is 35.3. The summed E-state index contributed by atoms with van der Waals surface area (Å²) in [5.74, 6) is -0.153. The number of imidazole rings is 1. The molecule has 0 bridgehead atoms. The highest BCUT2D eigenvalue weighted by Crippen LogP contribution is 2.35. The van der Waals surface area contributed by atoms with Crippen molar-refractivity contribution in [2.75, 3.05) is 16.8 Å². The zero-order chi connectivity index (χ0) is 29.8. The summed E-state index contributed by atoms with van der Waals surface area (Å²) >= 11 is 0. The Morgan fingerprint density at radius 1 is 1.02 bits per heavy atom. The van der Waals surface area contributed by atoms with E-state index in [-0.39, 0.29) is 16.5 Å². The summed E-state index contributed by atoms with van der Waals surface area (Å²) < 4.78 is 21.6. The zero-order valence-electron chi connectivity index (χ0n) is 22.8. The molecule has 0 aliphatic rings. The Bertz CT molecular complexity index is 1740. The van der Waals surface area contributed by atoms with Crippen LogP contribution in [0.3, 0.4) is 0 Å². The van der Waals surface area contributed by atoms with Crippen molar-refractivity contribution >= 4 is 34.5 Å². The number of benzene rings is 3. The molecule has 0 aliphatic heterocycles. The number of rotatable bonds is 9. The number of halogens is 1. The molecule has 1 atom stereocenters. The van der Waals surface area contributed by atoms with E-state index in [1.807, 2.05) is 37.3 Å². The van der Waals surface area contributed by atoms with E-state index in [2.05, 4.69) is 20.3 Å².